The van der Waals surface area contributed by atoms with Gasteiger partial charge in [-0.3, -0.25) is 9.59 Å². The first-order chi connectivity index (χ1) is 13.9. The quantitative estimate of drug-likeness (QED) is 0.625. The fraction of sp³-hybridized carbons (Fsp3) is 0.364. The van der Waals surface area contributed by atoms with Crippen molar-refractivity contribution in [2.75, 3.05) is 6.54 Å². The zero-order valence-electron chi connectivity index (χ0n) is 17.3. The molecule has 0 bridgehead atoms. The van der Waals surface area contributed by atoms with Crippen LogP contribution in [0.3, 0.4) is 0 Å². The van der Waals surface area contributed by atoms with Gasteiger partial charge < -0.3 is 5.32 Å². The van der Waals surface area contributed by atoms with Crippen LogP contribution in [0.1, 0.15) is 44.5 Å². The Hall–Kier alpha value is -3.22. The molecule has 3 rings (SSSR count). The van der Waals surface area contributed by atoms with Crippen LogP contribution >= 0.6 is 0 Å². The van der Waals surface area contributed by atoms with E-state index in [0.717, 1.165) is 17.7 Å². The fourth-order valence-corrected chi connectivity index (χ4v) is 2.76. The number of benzene rings is 1. The maximum atomic E-state index is 12.6. The van der Waals surface area contributed by atoms with E-state index in [9.17, 15) is 9.59 Å². The Morgan fingerprint density at radius 2 is 1.90 bits per heavy atom. The number of nitrogens with zero attached hydrogens (tertiary/aromatic N) is 4. The first kappa shape index (κ1) is 20.5. The lowest BCUT2D eigenvalue weighted by molar-refractivity contribution is 0.0948. The van der Waals surface area contributed by atoms with Gasteiger partial charge in [-0.2, -0.15) is 10.2 Å². The summed E-state index contributed by atoms with van der Waals surface area (Å²) >= 11 is 0. The third kappa shape index (κ3) is 4.80. The molecule has 0 spiro atoms. The first-order valence-electron chi connectivity index (χ1n) is 9.87. The summed E-state index contributed by atoms with van der Waals surface area (Å²) < 4.78 is 3.04. The van der Waals surface area contributed by atoms with Crippen molar-refractivity contribution in [1.29, 1.82) is 0 Å². The molecule has 0 saturated heterocycles. The van der Waals surface area contributed by atoms with Crippen LogP contribution in [-0.2, 0) is 6.54 Å². The highest BCUT2D eigenvalue weighted by Gasteiger charge is 2.17. The van der Waals surface area contributed by atoms with Gasteiger partial charge in [-0.25, -0.2) is 9.36 Å². The average Bonchev–Trinajstić information content (AvgIpc) is 3.05. The largest absolute Gasteiger partial charge is 0.352 e. The molecule has 0 aromatic heterocycles. The third-order valence-corrected chi connectivity index (χ3v) is 4.86. The number of amides is 1. The van der Waals surface area contributed by atoms with Crippen molar-refractivity contribution in [3.63, 3.8) is 0 Å². The Morgan fingerprint density at radius 3 is 2.55 bits per heavy atom. The molecule has 1 aromatic carbocycles. The van der Waals surface area contributed by atoms with E-state index >= 15 is 0 Å². The first-order valence-corrected chi connectivity index (χ1v) is 9.87. The van der Waals surface area contributed by atoms with Gasteiger partial charge in [0.25, 0.3) is 11.5 Å². The Balaban J connectivity index is 1.81. The van der Waals surface area contributed by atoms with Gasteiger partial charge in [0.15, 0.2) is 5.69 Å². The second-order valence-electron chi connectivity index (χ2n) is 7.53. The van der Waals surface area contributed by atoms with Crippen molar-refractivity contribution >= 4 is 5.91 Å². The average molecular weight is 393 g/mol. The summed E-state index contributed by atoms with van der Waals surface area (Å²) in [4.78, 5) is 24.8. The van der Waals surface area contributed by atoms with Crippen molar-refractivity contribution < 1.29 is 4.79 Å². The van der Waals surface area contributed by atoms with Crippen molar-refractivity contribution in [2.24, 2.45) is 5.92 Å². The van der Waals surface area contributed by atoms with Crippen molar-refractivity contribution in [1.82, 2.24) is 24.9 Å². The molecular formula is C22H27N5O2. The Kier molecular flexibility index (Phi) is 6.26. The van der Waals surface area contributed by atoms with Crippen molar-refractivity contribution in [3.8, 4) is 17.1 Å². The van der Waals surface area contributed by atoms with Gasteiger partial charge in [0, 0.05) is 18.3 Å². The molecule has 0 fully saturated rings. The Labute approximate surface area is 170 Å². The van der Waals surface area contributed by atoms with Crippen LogP contribution in [-0.4, -0.2) is 32.0 Å². The predicted octanol–water partition coefficient (Wildman–Crippen LogP) is 3.28. The fourth-order valence-electron chi connectivity index (χ4n) is 2.76. The highest BCUT2D eigenvalue weighted by atomic mass is 16.1. The summed E-state index contributed by atoms with van der Waals surface area (Å²) in [5.74, 6) is 0.358. The number of nitrogens with one attached hydrogen (secondary N) is 1. The molecule has 0 radical (unpaired) electrons. The lowest BCUT2D eigenvalue weighted by Gasteiger charge is -2.11. The SMILES string of the molecule is CC[C@H](C)CNC(=O)c1ccc(-n2ccc3nn(CC=C(C)C)c(=O)c-3n2)cc1. The number of carbonyl (C=O) groups is 1. The molecule has 7 heteroatoms. The van der Waals surface area contributed by atoms with Crippen LogP contribution in [0.15, 0.2) is 53.0 Å². The Morgan fingerprint density at radius 1 is 1.17 bits per heavy atom. The van der Waals surface area contributed by atoms with Gasteiger partial charge in [0.1, 0.15) is 5.69 Å². The third-order valence-electron chi connectivity index (χ3n) is 4.86. The maximum Gasteiger partial charge on any atom is 0.297 e. The van der Waals surface area contributed by atoms with E-state index in [1.165, 1.54) is 4.68 Å². The molecule has 1 aromatic rings. The molecule has 2 aliphatic rings. The highest BCUT2D eigenvalue weighted by Crippen LogP contribution is 2.15. The van der Waals surface area contributed by atoms with E-state index in [2.05, 4.69) is 29.4 Å². The number of rotatable bonds is 7. The number of carbonyl (C=O) groups excluding carboxylic acids is 1. The minimum atomic E-state index is -0.215. The number of fused-ring (bicyclic) bond motifs is 1. The van der Waals surface area contributed by atoms with Gasteiger partial charge in [-0.15, -0.1) is 0 Å². The standard InChI is InChI=1S/C22H27N5O2/c1-5-16(4)14-23-21(28)17-6-8-18(9-7-17)26-13-11-19-20(25-26)22(29)27(24-19)12-10-15(2)3/h6-11,13,16H,5,12,14H2,1-4H3,(H,23,28)/t16-/m0/s1. The smallest absolute Gasteiger partial charge is 0.297 e. The molecule has 0 aliphatic carbocycles. The minimum Gasteiger partial charge on any atom is -0.352 e. The van der Waals surface area contributed by atoms with E-state index in [4.69, 9.17) is 0 Å². The van der Waals surface area contributed by atoms with E-state index in [1.807, 2.05) is 32.1 Å². The molecular weight excluding hydrogens is 366 g/mol. The normalized spacial score (nSPS) is 12.0. The molecule has 1 N–H and O–H groups in total. The van der Waals surface area contributed by atoms with Crippen LogP contribution in [0, 0.1) is 5.92 Å². The topological polar surface area (TPSA) is 81.8 Å². The summed E-state index contributed by atoms with van der Waals surface area (Å²) in [5, 5.41) is 11.7. The zero-order valence-corrected chi connectivity index (χ0v) is 17.3. The summed E-state index contributed by atoms with van der Waals surface area (Å²) in [6.45, 7) is 9.26. The summed E-state index contributed by atoms with van der Waals surface area (Å²) in [6, 6.07) is 8.92. The van der Waals surface area contributed by atoms with Crippen molar-refractivity contribution in [3.05, 3.63) is 64.1 Å². The van der Waals surface area contributed by atoms with Gasteiger partial charge in [0.2, 0.25) is 0 Å². The molecule has 1 atom stereocenters. The summed E-state index contributed by atoms with van der Waals surface area (Å²) in [6.07, 6.45) is 4.74. The van der Waals surface area contributed by atoms with E-state index in [-0.39, 0.29) is 11.5 Å². The highest BCUT2D eigenvalue weighted by molar-refractivity contribution is 5.94. The summed E-state index contributed by atoms with van der Waals surface area (Å²) in [7, 11) is 0. The number of hydrogen-bond donors (Lipinski definition) is 1. The second kappa shape index (κ2) is 8.86. The zero-order chi connectivity index (χ0) is 21.0. The van der Waals surface area contributed by atoms with Crippen LogP contribution in [0.5, 0.6) is 0 Å². The number of allylic oxidation sites excluding steroid dienone is 2. The molecule has 0 unspecified atom stereocenters. The molecule has 152 valence electrons. The molecule has 1 amide bonds. The van der Waals surface area contributed by atoms with Crippen LogP contribution in [0.25, 0.3) is 17.1 Å². The van der Waals surface area contributed by atoms with Gasteiger partial charge >= 0.3 is 0 Å². The van der Waals surface area contributed by atoms with Crippen LogP contribution < -0.4 is 10.9 Å². The van der Waals surface area contributed by atoms with Gasteiger partial charge in [-0.05, 0) is 50.1 Å². The molecule has 29 heavy (non-hydrogen) atoms. The predicted molar refractivity (Wildman–Crippen MR) is 113 cm³/mol. The maximum absolute atomic E-state index is 12.6. The van der Waals surface area contributed by atoms with Crippen LogP contribution in [0.4, 0.5) is 0 Å². The summed E-state index contributed by atoms with van der Waals surface area (Å²) in [5.41, 5.74) is 3.16. The van der Waals surface area contributed by atoms with Crippen molar-refractivity contribution in [2.45, 2.75) is 40.7 Å². The molecule has 2 heterocycles. The second-order valence-corrected chi connectivity index (χ2v) is 7.53. The van der Waals surface area contributed by atoms with E-state index in [0.29, 0.717) is 36.0 Å². The van der Waals surface area contributed by atoms with Gasteiger partial charge in [-0.1, -0.05) is 31.9 Å². The number of hydrogen-bond acceptors (Lipinski definition) is 4. The van der Waals surface area contributed by atoms with E-state index in [1.54, 1.807) is 29.1 Å². The molecule has 7 nitrogen and oxygen atoms in total. The van der Waals surface area contributed by atoms with E-state index < -0.39 is 0 Å². The van der Waals surface area contributed by atoms with Gasteiger partial charge in [0.05, 0.1) is 12.2 Å². The Bertz CT molecular complexity index is 1040. The lowest BCUT2D eigenvalue weighted by atomic mass is 10.1. The molecule has 2 aliphatic heterocycles. The number of aromatic nitrogens is 4. The molecule has 0 saturated carbocycles. The minimum absolute atomic E-state index is 0.0901. The van der Waals surface area contributed by atoms with Crippen LogP contribution in [0.2, 0.25) is 0 Å². The lowest BCUT2D eigenvalue weighted by Crippen LogP contribution is -2.28. The monoisotopic (exact) mass is 393 g/mol.